The third-order valence-electron chi connectivity index (χ3n) is 1.43. The summed E-state index contributed by atoms with van der Waals surface area (Å²) in [5, 5.41) is 19.1. The lowest BCUT2D eigenvalue weighted by Crippen LogP contribution is -2.01. The van der Waals surface area contributed by atoms with E-state index in [2.05, 4.69) is 0 Å². The summed E-state index contributed by atoms with van der Waals surface area (Å²) in [6.45, 7) is -0.0716. The van der Waals surface area contributed by atoms with Crippen LogP contribution in [0.3, 0.4) is 0 Å². The third kappa shape index (κ3) is 2.86. The molecule has 1 aromatic carbocycles. The highest BCUT2D eigenvalue weighted by Crippen LogP contribution is 2.25. The minimum Gasteiger partial charge on any atom is -0.491 e. The maximum Gasteiger partial charge on any atom is 0.274 e. The predicted molar refractivity (Wildman–Crippen MR) is 50.7 cm³/mol. The molecule has 0 heterocycles. The largest absolute Gasteiger partial charge is 0.491 e. The van der Waals surface area contributed by atoms with Crippen molar-refractivity contribution in [3.05, 3.63) is 33.3 Å². The zero-order valence-corrected chi connectivity index (χ0v) is 7.90. The number of aliphatic hydroxyl groups is 1. The van der Waals surface area contributed by atoms with E-state index in [0.717, 1.165) is 0 Å². The fourth-order valence-corrected chi connectivity index (χ4v) is 1.12. The monoisotopic (exact) mass is 217 g/mol. The minimum absolute atomic E-state index is 0.0808. The van der Waals surface area contributed by atoms with Crippen molar-refractivity contribution in [1.82, 2.24) is 0 Å². The highest BCUT2D eigenvalue weighted by molar-refractivity contribution is 6.30. The fraction of sp³-hybridized carbons (Fsp3) is 0.250. The molecule has 0 saturated heterocycles. The van der Waals surface area contributed by atoms with Crippen molar-refractivity contribution in [2.24, 2.45) is 0 Å². The van der Waals surface area contributed by atoms with Crippen molar-refractivity contribution >= 4 is 17.3 Å². The summed E-state index contributed by atoms with van der Waals surface area (Å²) in [5.41, 5.74) is -0.134. The number of hydrogen-bond acceptors (Lipinski definition) is 4. The first kappa shape index (κ1) is 10.7. The van der Waals surface area contributed by atoms with Gasteiger partial charge in [-0.15, -0.1) is 0 Å². The van der Waals surface area contributed by atoms with E-state index in [4.69, 9.17) is 21.4 Å². The standard InChI is InChI=1S/C8H8ClNO4/c9-6-3-7(10(12)13)5-8(4-6)14-2-1-11/h3-5,11H,1-2H2. The van der Waals surface area contributed by atoms with Crippen LogP contribution >= 0.6 is 11.6 Å². The van der Waals surface area contributed by atoms with Crippen molar-refractivity contribution in [2.45, 2.75) is 0 Å². The van der Waals surface area contributed by atoms with Crippen molar-refractivity contribution in [2.75, 3.05) is 13.2 Å². The molecule has 0 aliphatic rings. The first-order chi connectivity index (χ1) is 6.63. The molecule has 0 spiro atoms. The smallest absolute Gasteiger partial charge is 0.274 e. The van der Waals surface area contributed by atoms with Gasteiger partial charge in [-0.05, 0) is 6.07 Å². The quantitative estimate of drug-likeness (QED) is 0.614. The molecule has 0 bridgehead atoms. The Kier molecular flexibility index (Phi) is 3.67. The van der Waals surface area contributed by atoms with Crippen LogP contribution in [-0.2, 0) is 0 Å². The number of halogens is 1. The number of ether oxygens (including phenoxy) is 1. The van der Waals surface area contributed by atoms with Gasteiger partial charge in [-0.1, -0.05) is 11.6 Å². The molecule has 1 N–H and O–H groups in total. The Morgan fingerprint density at radius 2 is 2.21 bits per heavy atom. The van der Waals surface area contributed by atoms with E-state index in [1.165, 1.54) is 18.2 Å². The van der Waals surface area contributed by atoms with Gasteiger partial charge in [-0.2, -0.15) is 0 Å². The van der Waals surface area contributed by atoms with Gasteiger partial charge in [-0.25, -0.2) is 0 Å². The molecule has 0 unspecified atom stereocenters. The van der Waals surface area contributed by atoms with Gasteiger partial charge >= 0.3 is 0 Å². The number of nitro benzene ring substituents is 1. The van der Waals surface area contributed by atoms with Crippen LogP contribution < -0.4 is 4.74 Å². The molecule has 1 rings (SSSR count). The number of benzene rings is 1. The van der Waals surface area contributed by atoms with Crippen molar-refractivity contribution < 1.29 is 14.8 Å². The number of nitrogens with zero attached hydrogens (tertiary/aromatic N) is 1. The molecule has 1 aromatic rings. The second-order valence-electron chi connectivity index (χ2n) is 2.47. The molecule has 0 saturated carbocycles. The highest BCUT2D eigenvalue weighted by atomic mass is 35.5. The van der Waals surface area contributed by atoms with Crippen LogP contribution in [0, 0.1) is 10.1 Å². The Bertz CT molecular complexity index is 342. The van der Waals surface area contributed by atoms with Gasteiger partial charge in [0, 0.05) is 6.07 Å². The molecule has 5 nitrogen and oxygen atoms in total. The van der Waals surface area contributed by atoms with Gasteiger partial charge in [0.2, 0.25) is 0 Å². The lowest BCUT2D eigenvalue weighted by Gasteiger charge is -2.03. The molecule has 76 valence electrons. The first-order valence-corrected chi connectivity index (χ1v) is 4.20. The molecule has 0 fully saturated rings. The zero-order valence-electron chi connectivity index (χ0n) is 7.14. The van der Waals surface area contributed by atoms with Crippen LogP contribution in [0.1, 0.15) is 0 Å². The second-order valence-corrected chi connectivity index (χ2v) is 2.91. The summed E-state index contributed by atoms with van der Waals surface area (Å²) in [7, 11) is 0. The van der Waals surface area contributed by atoms with Crippen LogP contribution in [-0.4, -0.2) is 23.2 Å². The Morgan fingerprint density at radius 3 is 2.79 bits per heavy atom. The van der Waals surface area contributed by atoms with Gasteiger partial charge in [0.25, 0.3) is 5.69 Å². The molecule has 14 heavy (non-hydrogen) atoms. The number of nitro groups is 1. The molecule has 0 aliphatic heterocycles. The normalized spacial score (nSPS) is 9.86. The van der Waals surface area contributed by atoms with Gasteiger partial charge in [0.1, 0.15) is 12.4 Å². The summed E-state index contributed by atoms with van der Waals surface area (Å²) < 4.78 is 4.99. The average Bonchev–Trinajstić information content (AvgIpc) is 2.14. The lowest BCUT2D eigenvalue weighted by atomic mass is 10.3. The maximum absolute atomic E-state index is 10.4. The van der Waals surface area contributed by atoms with Crippen molar-refractivity contribution in [1.29, 1.82) is 0 Å². The number of aliphatic hydroxyl groups excluding tert-OH is 1. The van der Waals surface area contributed by atoms with E-state index in [-0.39, 0.29) is 29.7 Å². The summed E-state index contributed by atoms with van der Waals surface area (Å²) in [4.78, 5) is 9.86. The highest BCUT2D eigenvalue weighted by Gasteiger charge is 2.09. The summed E-state index contributed by atoms with van der Waals surface area (Å²) >= 11 is 5.63. The lowest BCUT2D eigenvalue weighted by molar-refractivity contribution is -0.384. The molecule has 0 radical (unpaired) electrons. The van der Waals surface area contributed by atoms with Gasteiger partial charge < -0.3 is 9.84 Å². The topological polar surface area (TPSA) is 72.6 Å². The van der Waals surface area contributed by atoms with Crippen molar-refractivity contribution in [3.8, 4) is 5.75 Å². The SMILES string of the molecule is O=[N+]([O-])c1cc(Cl)cc(OCCO)c1. The molecule has 0 aromatic heterocycles. The van der Waals surface area contributed by atoms with E-state index >= 15 is 0 Å². The number of non-ortho nitro benzene ring substituents is 1. The third-order valence-corrected chi connectivity index (χ3v) is 1.65. The van der Waals surface area contributed by atoms with Crippen LogP contribution in [0.15, 0.2) is 18.2 Å². The zero-order chi connectivity index (χ0) is 10.6. The number of rotatable bonds is 4. The molecular weight excluding hydrogens is 210 g/mol. The van der Waals surface area contributed by atoms with Gasteiger partial charge in [-0.3, -0.25) is 10.1 Å². The Labute approximate surface area is 85.0 Å². The first-order valence-electron chi connectivity index (χ1n) is 3.82. The second kappa shape index (κ2) is 4.78. The van der Waals surface area contributed by atoms with E-state index in [1.54, 1.807) is 0 Å². The Hall–Kier alpha value is -1.33. The van der Waals surface area contributed by atoms with Gasteiger partial charge in [0.05, 0.1) is 22.6 Å². The minimum atomic E-state index is -0.558. The van der Waals surface area contributed by atoms with Crippen LogP contribution in [0.5, 0.6) is 5.75 Å². The van der Waals surface area contributed by atoms with E-state index < -0.39 is 4.92 Å². The van der Waals surface area contributed by atoms with E-state index in [9.17, 15) is 10.1 Å². The Morgan fingerprint density at radius 1 is 1.50 bits per heavy atom. The average molecular weight is 218 g/mol. The maximum atomic E-state index is 10.4. The Balaban J connectivity index is 2.89. The molecule has 6 heteroatoms. The molecule has 0 aliphatic carbocycles. The number of hydrogen-bond donors (Lipinski definition) is 1. The van der Waals surface area contributed by atoms with Crippen LogP contribution in [0.25, 0.3) is 0 Å². The van der Waals surface area contributed by atoms with Crippen molar-refractivity contribution in [3.63, 3.8) is 0 Å². The molecule has 0 amide bonds. The predicted octanol–water partition coefficient (Wildman–Crippen LogP) is 1.62. The van der Waals surface area contributed by atoms with Gasteiger partial charge in [0.15, 0.2) is 0 Å². The summed E-state index contributed by atoms with van der Waals surface area (Å²) in [6, 6.07) is 3.93. The van der Waals surface area contributed by atoms with E-state index in [0.29, 0.717) is 0 Å². The summed E-state index contributed by atoms with van der Waals surface area (Å²) in [5.74, 6) is 0.276. The molecular formula is C8H8ClNO4. The van der Waals surface area contributed by atoms with Crippen LogP contribution in [0.2, 0.25) is 5.02 Å². The fourth-order valence-electron chi connectivity index (χ4n) is 0.900. The van der Waals surface area contributed by atoms with E-state index in [1.807, 2.05) is 0 Å². The summed E-state index contributed by atoms with van der Waals surface area (Å²) in [6.07, 6.45) is 0. The van der Waals surface area contributed by atoms with Crippen LogP contribution in [0.4, 0.5) is 5.69 Å². The molecule has 0 atom stereocenters.